The van der Waals surface area contributed by atoms with Crippen molar-refractivity contribution in [1.29, 1.82) is 0 Å². The third kappa shape index (κ3) is 6.09. The number of nitrogens with zero attached hydrogens (tertiary/aromatic N) is 4. The van der Waals surface area contributed by atoms with Gasteiger partial charge in [-0.15, -0.1) is 0 Å². The van der Waals surface area contributed by atoms with Gasteiger partial charge < -0.3 is 4.90 Å². The van der Waals surface area contributed by atoms with E-state index in [1.165, 1.54) is 12.8 Å². The van der Waals surface area contributed by atoms with Gasteiger partial charge in [0.05, 0.1) is 6.54 Å². The molecule has 2 aliphatic heterocycles. The van der Waals surface area contributed by atoms with Crippen LogP contribution in [0.4, 0.5) is 5.82 Å². The van der Waals surface area contributed by atoms with Gasteiger partial charge in [-0.25, -0.2) is 4.98 Å². The lowest BCUT2D eigenvalue weighted by Crippen LogP contribution is -2.49. The molecule has 6 heteroatoms. The third-order valence-corrected chi connectivity index (χ3v) is 6.33. The number of Topliss-reactive ketones (excluding diaryl/α,β-unsaturated/α-hetero) is 2. The van der Waals surface area contributed by atoms with Crippen LogP contribution in [0.15, 0.2) is 18.3 Å². The highest BCUT2D eigenvalue weighted by Crippen LogP contribution is 2.21. The van der Waals surface area contributed by atoms with Crippen LogP contribution in [0.3, 0.4) is 0 Å². The summed E-state index contributed by atoms with van der Waals surface area (Å²) < 4.78 is 0. The lowest BCUT2D eigenvalue weighted by atomic mass is 9.95. The molecule has 160 valence electrons. The van der Waals surface area contributed by atoms with Crippen LogP contribution in [0.5, 0.6) is 0 Å². The van der Waals surface area contributed by atoms with Crippen molar-refractivity contribution in [2.75, 3.05) is 57.3 Å². The fourth-order valence-electron chi connectivity index (χ4n) is 4.20. The second kappa shape index (κ2) is 10.3. The van der Waals surface area contributed by atoms with Crippen molar-refractivity contribution >= 4 is 17.4 Å². The lowest BCUT2D eigenvalue weighted by Gasteiger charge is -2.39. The number of ketones is 2. The number of carbonyl (C=O) groups excluding carboxylic acids is 2. The fourth-order valence-corrected chi connectivity index (χ4v) is 4.20. The molecule has 0 radical (unpaired) electrons. The molecule has 1 aromatic rings. The Bertz CT molecular complexity index is 673. The summed E-state index contributed by atoms with van der Waals surface area (Å²) in [6, 6.07) is 3.88. The molecule has 0 spiro atoms. The highest BCUT2D eigenvalue weighted by atomic mass is 16.1. The molecule has 2 aliphatic rings. The van der Waals surface area contributed by atoms with Gasteiger partial charge in [-0.2, -0.15) is 0 Å². The first-order valence-corrected chi connectivity index (χ1v) is 11.2. The standard InChI is InChI=1S/C23H36N4O2/c1-4-21(28)20-5-6-23(24-15-20)27-13-11-26(12-14-27)16-19-7-9-25(10-8-19)17-22(29)18(2)3/h5-6,15,18-19H,4,7-14,16-17H2,1-3H3. The number of hydrogen-bond acceptors (Lipinski definition) is 6. The van der Waals surface area contributed by atoms with Crippen LogP contribution >= 0.6 is 0 Å². The van der Waals surface area contributed by atoms with Crippen LogP contribution in [0.25, 0.3) is 0 Å². The Morgan fingerprint density at radius 3 is 2.28 bits per heavy atom. The molecular formula is C23H36N4O2. The monoisotopic (exact) mass is 400 g/mol. The first kappa shape index (κ1) is 21.9. The molecule has 0 aliphatic carbocycles. The Kier molecular flexibility index (Phi) is 7.78. The first-order valence-electron chi connectivity index (χ1n) is 11.2. The molecule has 29 heavy (non-hydrogen) atoms. The van der Waals surface area contributed by atoms with Crippen molar-refractivity contribution in [2.45, 2.75) is 40.0 Å². The predicted molar refractivity (Wildman–Crippen MR) is 117 cm³/mol. The minimum absolute atomic E-state index is 0.141. The molecule has 0 atom stereocenters. The SMILES string of the molecule is CCC(=O)c1ccc(N2CCN(CC3CCN(CC(=O)C(C)C)CC3)CC2)nc1. The van der Waals surface area contributed by atoms with Crippen molar-refractivity contribution in [3.8, 4) is 0 Å². The molecule has 0 amide bonds. The number of rotatable bonds is 8. The van der Waals surface area contributed by atoms with Crippen molar-refractivity contribution in [1.82, 2.24) is 14.8 Å². The van der Waals surface area contributed by atoms with Gasteiger partial charge in [-0.3, -0.25) is 19.4 Å². The maximum atomic E-state index is 11.9. The minimum atomic E-state index is 0.141. The van der Waals surface area contributed by atoms with E-state index >= 15 is 0 Å². The number of likely N-dealkylation sites (tertiary alicyclic amines) is 1. The van der Waals surface area contributed by atoms with Crippen molar-refractivity contribution in [2.24, 2.45) is 11.8 Å². The van der Waals surface area contributed by atoms with Crippen molar-refractivity contribution in [3.63, 3.8) is 0 Å². The number of aromatic nitrogens is 1. The number of pyridine rings is 1. The number of hydrogen-bond donors (Lipinski definition) is 0. The molecule has 6 nitrogen and oxygen atoms in total. The molecule has 2 fully saturated rings. The topological polar surface area (TPSA) is 56.8 Å². The second-order valence-electron chi connectivity index (χ2n) is 8.81. The van der Waals surface area contributed by atoms with Gasteiger partial charge >= 0.3 is 0 Å². The zero-order chi connectivity index (χ0) is 20.8. The molecule has 2 saturated heterocycles. The molecule has 0 bridgehead atoms. The summed E-state index contributed by atoms with van der Waals surface area (Å²) in [6.45, 7) is 13.8. The quantitative estimate of drug-likeness (QED) is 0.626. The number of carbonyl (C=O) groups is 2. The Labute approximate surface area is 175 Å². The zero-order valence-electron chi connectivity index (χ0n) is 18.3. The summed E-state index contributed by atoms with van der Waals surface area (Å²) in [4.78, 5) is 35.4. The van der Waals surface area contributed by atoms with E-state index in [4.69, 9.17) is 0 Å². The number of piperidine rings is 1. The maximum absolute atomic E-state index is 11.9. The van der Waals surface area contributed by atoms with E-state index in [1.807, 2.05) is 32.9 Å². The van der Waals surface area contributed by atoms with Gasteiger partial charge in [-0.05, 0) is 44.0 Å². The largest absolute Gasteiger partial charge is 0.354 e. The van der Waals surface area contributed by atoms with E-state index in [1.54, 1.807) is 6.20 Å². The minimum Gasteiger partial charge on any atom is -0.354 e. The summed E-state index contributed by atoms with van der Waals surface area (Å²) in [5.41, 5.74) is 0.705. The molecule has 0 saturated carbocycles. The van der Waals surface area contributed by atoms with E-state index in [-0.39, 0.29) is 11.7 Å². The number of anilines is 1. The molecule has 3 rings (SSSR count). The van der Waals surface area contributed by atoms with Gasteiger partial charge in [-0.1, -0.05) is 20.8 Å². The van der Waals surface area contributed by atoms with E-state index < -0.39 is 0 Å². The van der Waals surface area contributed by atoms with Crippen LogP contribution in [0.1, 0.15) is 50.4 Å². The smallest absolute Gasteiger partial charge is 0.164 e. The molecule has 1 aromatic heterocycles. The van der Waals surface area contributed by atoms with E-state index in [0.717, 1.165) is 57.5 Å². The summed E-state index contributed by atoms with van der Waals surface area (Å²) >= 11 is 0. The number of piperazine rings is 1. The Balaban J connectivity index is 1.39. The highest BCUT2D eigenvalue weighted by Gasteiger charge is 2.25. The van der Waals surface area contributed by atoms with Gasteiger partial charge in [0.1, 0.15) is 11.6 Å². The Hall–Kier alpha value is -1.79. The van der Waals surface area contributed by atoms with E-state index in [2.05, 4.69) is 19.7 Å². The summed E-state index contributed by atoms with van der Waals surface area (Å²) in [5, 5.41) is 0. The van der Waals surface area contributed by atoms with Crippen LogP contribution in [-0.2, 0) is 4.79 Å². The van der Waals surface area contributed by atoms with Crippen LogP contribution < -0.4 is 4.90 Å². The van der Waals surface area contributed by atoms with Crippen LogP contribution in [0, 0.1) is 11.8 Å². The average Bonchev–Trinajstić information content (AvgIpc) is 2.75. The summed E-state index contributed by atoms with van der Waals surface area (Å²) in [5.74, 6) is 2.36. The van der Waals surface area contributed by atoms with Crippen molar-refractivity contribution in [3.05, 3.63) is 23.9 Å². The predicted octanol–water partition coefficient (Wildman–Crippen LogP) is 2.73. The highest BCUT2D eigenvalue weighted by molar-refractivity contribution is 5.95. The Morgan fingerprint density at radius 1 is 1.03 bits per heavy atom. The molecule has 0 N–H and O–H groups in total. The molecule has 3 heterocycles. The normalized spacial score (nSPS) is 19.7. The first-order chi connectivity index (χ1) is 14.0. The maximum Gasteiger partial charge on any atom is 0.164 e. The summed E-state index contributed by atoms with van der Waals surface area (Å²) in [6.07, 6.45) is 4.62. The lowest BCUT2D eigenvalue weighted by molar-refractivity contribution is -0.123. The fraction of sp³-hybridized carbons (Fsp3) is 0.696. The van der Waals surface area contributed by atoms with Gasteiger partial charge in [0.15, 0.2) is 5.78 Å². The molecule has 0 aromatic carbocycles. The van der Waals surface area contributed by atoms with Gasteiger partial charge in [0, 0.05) is 56.8 Å². The summed E-state index contributed by atoms with van der Waals surface area (Å²) in [7, 11) is 0. The third-order valence-electron chi connectivity index (χ3n) is 6.33. The van der Waals surface area contributed by atoms with Gasteiger partial charge in [0.25, 0.3) is 0 Å². The Morgan fingerprint density at radius 2 is 1.72 bits per heavy atom. The average molecular weight is 401 g/mol. The van der Waals surface area contributed by atoms with Crippen molar-refractivity contribution < 1.29 is 9.59 Å². The van der Waals surface area contributed by atoms with E-state index in [9.17, 15) is 9.59 Å². The van der Waals surface area contributed by atoms with Crippen LogP contribution in [0.2, 0.25) is 0 Å². The molecular weight excluding hydrogens is 364 g/mol. The van der Waals surface area contributed by atoms with E-state index in [0.29, 0.717) is 24.3 Å². The van der Waals surface area contributed by atoms with Gasteiger partial charge in [0.2, 0.25) is 0 Å². The second-order valence-corrected chi connectivity index (χ2v) is 8.81. The molecule has 0 unspecified atom stereocenters. The zero-order valence-corrected chi connectivity index (χ0v) is 18.3. The van der Waals surface area contributed by atoms with Crippen LogP contribution in [-0.4, -0.2) is 78.7 Å².